The first-order chi connectivity index (χ1) is 16.2. The summed E-state index contributed by atoms with van der Waals surface area (Å²) in [7, 11) is 0. The smallest absolute Gasteiger partial charge is 0.324 e. The van der Waals surface area contributed by atoms with Crippen molar-refractivity contribution < 1.29 is 39.2 Å². The quantitative estimate of drug-likeness (QED) is 0.355. The van der Waals surface area contributed by atoms with E-state index in [-0.39, 0.29) is 6.42 Å². The molecule has 174 valence electrons. The van der Waals surface area contributed by atoms with E-state index >= 15 is 0 Å². The molecule has 0 saturated heterocycles. The molecule has 0 saturated carbocycles. The normalized spacial score (nSPS) is 13.8. The van der Waals surface area contributed by atoms with E-state index in [9.17, 15) is 34.5 Å². The maximum Gasteiger partial charge on any atom is 0.324 e. The van der Waals surface area contributed by atoms with Crippen LogP contribution in [0.15, 0.2) is 30.3 Å². The summed E-state index contributed by atoms with van der Waals surface area (Å²) in [5, 5.41) is 29.1. The lowest BCUT2D eigenvalue weighted by atomic mass is 9.68. The highest BCUT2D eigenvalue weighted by molar-refractivity contribution is 5.89. The average molecular weight is 462 g/mol. The van der Waals surface area contributed by atoms with Crippen LogP contribution in [0.2, 0.25) is 0 Å². The van der Waals surface area contributed by atoms with Crippen molar-refractivity contribution in [2.24, 2.45) is 23.7 Å². The molecule has 1 aromatic carbocycles. The van der Waals surface area contributed by atoms with Gasteiger partial charge in [0, 0.05) is 17.8 Å². The summed E-state index contributed by atoms with van der Waals surface area (Å²) in [5.74, 6) is -0.393. The van der Waals surface area contributed by atoms with E-state index < -0.39 is 53.5 Å². The van der Waals surface area contributed by atoms with Gasteiger partial charge in [-0.15, -0.1) is 6.42 Å². The van der Waals surface area contributed by atoms with Gasteiger partial charge in [0.25, 0.3) is 0 Å². The number of ether oxygens (including phenoxy) is 1. The van der Waals surface area contributed by atoms with Crippen LogP contribution in [-0.4, -0.2) is 39.2 Å². The number of carboxylic acids is 3. The summed E-state index contributed by atoms with van der Waals surface area (Å²) < 4.78 is 4.92. The number of carboxylic acid groups (broad SMARTS) is 3. The molecule has 0 amide bonds. The zero-order valence-corrected chi connectivity index (χ0v) is 18.4. The van der Waals surface area contributed by atoms with Gasteiger partial charge in [-0.25, -0.2) is 0 Å². The lowest BCUT2D eigenvalue weighted by molar-refractivity contribution is -0.168. The number of aliphatic carboxylic acids is 3. The molecule has 0 aromatic heterocycles. The van der Waals surface area contributed by atoms with Crippen molar-refractivity contribution in [1.82, 2.24) is 0 Å². The van der Waals surface area contributed by atoms with Gasteiger partial charge >= 0.3 is 23.9 Å². The first kappa shape index (κ1) is 27.4. The van der Waals surface area contributed by atoms with E-state index in [4.69, 9.17) is 11.2 Å². The number of carbonyl (C=O) groups excluding carboxylic acids is 1. The molecule has 0 radical (unpaired) electrons. The van der Waals surface area contributed by atoms with Gasteiger partial charge in [0.05, 0.1) is 23.7 Å². The van der Waals surface area contributed by atoms with Crippen LogP contribution in [0.3, 0.4) is 0 Å². The molecule has 1 rings (SSSR count). The van der Waals surface area contributed by atoms with E-state index in [1.807, 2.05) is 12.0 Å². The molecule has 0 aliphatic rings. The Hall–Kier alpha value is -4.66. The summed E-state index contributed by atoms with van der Waals surface area (Å²) in [6.07, 6.45) is 7.22. The van der Waals surface area contributed by atoms with Crippen molar-refractivity contribution in [3.05, 3.63) is 35.9 Å². The third kappa shape index (κ3) is 7.49. The van der Waals surface area contributed by atoms with E-state index in [1.54, 1.807) is 37.3 Å². The Balaban J connectivity index is 3.58. The van der Waals surface area contributed by atoms with Crippen molar-refractivity contribution >= 4 is 23.9 Å². The van der Waals surface area contributed by atoms with Gasteiger partial charge < -0.3 is 20.1 Å². The Morgan fingerprint density at radius 2 is 1.41 bits per heavy atom. The molecular weight excluding hydrogens is 440 g/mol. The van der Waals surface area contributed by atoms with E-state index in [1.165, 1.54) is 0 Å². The van der Waals surface area contributed by atoms with Crippen molar-refractivity contribution in [2.45, 2.75) is 26.2 Å². The molecule has 8 heteroatoms. The zero-order chi connectivity index (χ0) is 25.7. The highest BCUT2D eigenvalue weighted by Crippen LogP contribution is 2.40. The minimum absolute atomic E-state index is 0.232. The molecule has 5 unspecified atom stereocenters. The Bertz CT molecular complexity index is 1140. The zero-order valence-electron chi connectivity index (χ0n) is 18.4. The molecule has 34 heavy (non-hydrogen) atoms. The Kier molecular flexibility index (Phi) is 11.0. The third-order valence-corrected chi connectivity index (χ3v) is 5.17. The van der Waals surface area contributed by atoms with Crippen LogP contribution >= 0.6 is 0 Å². The van der Waals surface area contributed by atoms with Gasteiger partial charge in [0.1, 0.15) is 6.11 Å². The van der Waals surface area contributed by atoms with Crippen molar-refractivity contribution in [2.75, 3.05) is 0 Å². The average Bonchev–Trinajstić information content (AvgIpc) is 2.80. The predicted octanol–water partition coefficient (Wildman–Crippen LogP) is 2.06. The van der Waals surface area contributed by atoms with Crippen LogP contribution in [0.25, 0.3) is 0 Å². The topological polar surface area (TPSA) is 138 Å². The maximum absolute atomic E-state index is 13.1. The molecule has 0 bridgehead atoms. The van der Waals surface area contributed by atoms with E-state index in [0.29, 0.717) is 5.56 Å². The van der Waals surface area contributed by atoms with Crippen LogP contribution in [0.5, 0.6) is 0 Å². The van der Waals surface area contributed by atoms with Crippen LogP contribution in [0, 0.1) is 71.7 Å². The molecule has 0 aliphatic carbocycles. The number of benzene rings is 1. The second-order valence-electron chi connectivity index (χ2n) is 7.10. The van der Waals surface area contributed by atoms with Crippen LogP contribution in [0.1, 0.15) is 31.7 Å². The molecule has 0 fully saturated rings. The number of esters is 1. The Labute approximate surface area is 197 Å². The molecule has 8 nitrogen and oxygen atoms in total. The summed E-state index contributed by atoms with van der Waals surface area (Å²) in [5.41, 5.74) is 0.558. The molecule has 3 N–H and O–H groups in total. The minimum atomic E-state index is -1.92. The third-order valence-electron chi connectivity index (χ3n) is 5.17. The number of terminal acetylenes is 1. The SMILES string of the molecule is C#CC#CC#CC#COC(=O)C(C(CC)c1ccccc1)C(C(=O)O)C(C(=O)O)C(C)C(=O)O. The lowest BCUT2D eigenvalue weighted by Crippen LogP contribution is -2.46. The van der Waals surface area contributed by atoms with E-state index in [2.05, 4.69) is 29.6 Å². The van der Waals surface area contributed by atoms with Crippen LogP contribution in [-0.2, 0) is 23.9 Å². The fourth-order valence-electron chi connectivity index (χ4n) is 3.62. The predicted molar refractivity (Wildman–Crippen MR) is 120 cm³/mol. The number of hydrogen-bond acceptors (Lipinski definition) is 5. The lowest BCUT2D eigenvalue weighted by Gasteiger charge is -2.33. The van der Waals surface area contributed by atoms with E-state index in [0.717, 1.165) is 6.92 Å². The standard InChI is InChI=1S/C26H22O8/c1-4-6-7-8-9-13-16-34-26(33)21(19(5-2)18-14-11-10-12-15-18)22(25(31)32)20(24(29)30)17(3)23(27)28/h1,10-12,14-15,17,19-22H,5H2,2-3H3,(H,27,28)(H,29,30)(H,31,32). The fourth-order valence-corrected chi connectivity index (χ4v) is 3.62. The first-order valence-corrected chi connectivity index (χ1v) is 10.1. The highest BCUT2D eigenvalue weighted by Gasteiger charge is 2.50. The summed E-state index contributed by atoms with van der Waals surface area (Å²) >= 11 is 0. The van der Waals surface area contributed by atoms with Crippen molar-refractivity contribution in [3.63, 3.8) is 0 Å². The molecule has 0 spiro atoms. The highest BCUT2D eigenvalue weighted by atomic mass is 16.5. The second-order valence-corrected chi connectivity index (χ2v) is 7.10. The van der Waals surface area contributed by atoms with Gasteiger partial charge in [0.2, 0.25) is 0 Å². The first-order valence-electron chi connectivity index (χ1n) is 10.1. The molecule has 5 atom stereocenters. The maximum atomic E-state index is 13.1. The van der Waals surface area contributed by atoms with Gasteiger partial charge in [-0.3, -0.25) is 19.2 Å². The molecule has 1 aromatic rings. The monoisotopic (exact) mass is 462 g/mol. The number of hydrogen-bond donors (Lipinski definition) is 3. The van der Waals surface area contributed by atoms with Gasteiger partial charge in [-0.1, -0.05) is 44.2 Å². The summed E-state index contributed by atoms with van der Waals surface area (Å²) in [4.78, 5) is 48.9. The van der Waals surface area contributed by atoms with Gasteiger partial charge in [-0.2, -0.15) is 0 Å². The molecule has 0 aliphatic heterocycles. The Morgan fingerprint density at radius 3 is 1.91 bits per heavy atom. The van der Waals surface area contributed by atoms with Crippen molar-refractivity contribution in [3.8, 4) is 48.1 Å². The summed E-state index contributed by atoms with van der Waals surface area (Å²) in [6, 6.07) is 8.39. The van der Waals surface area contributed by atoms with Crippen LogP contribution in [0.4, 0.5) is 0 Å². The number of carbonyl (C=O) groups is 4. The fraction of sp³-hybridized carbons (Fsp3) is 0.308. The van der Waals surface area contributed by atoms with Gasteiger partial charge in [0.15, 0.2) is 0 Å². The number of rotatable bonds is 10. The summed E-state index contributed by atoms with van der Waals surface area (Å²) in [6.45, 7) is 2.77. The van der Waals surface area contributed by atoms with Gasteiger partial charge in [-0.05, 0) is 35.7 Å². The molecular formula is C26H22O8. The van der Waals surface area contributed by atoms with Crippen LogP contribution < -0.4 is 0 Å². The largest absolute Gasteiger partial charge is 0.481 e. The minimum Gasteiger partial charge on any atom is -0.481 e. The van der Waals surface area contributed by atoms with Crippen molar-refractivity contribution in [1.29, 1.82) is 0 Å². The Morgan fingerprint density at radius 1 is 0.853 bits per heavy atom. The second kappa shape index (κ2) is 13.7. The molecule has 0 heterocycles.